The van der Waals surface area contributed by atoms with E-state index in [4.69, 9.17) is 0 Å². The van der Waals surface area contributed by atoms with Crippen molar-refractivity contribution in [3.05, 3.63) is 21.8 Å². The van der Waals surface area contributed by atoms with Crippen LogP contribution >= 0.6 is 23.1 Å². The minimum Gasteiger partial charge on any atom is -0.316 e. The van der Waals surface area contributed by atoms with Crippen molar-refractivity contribution in [1.29, 1.82) is 5.26 Å². The molecule has 1 unspecified atom stereocenters. The fourth-order valence-electron chi connectivity index (χ4n) is 3.96. The molecule has 30 heavy (non-hydrogen) atoms. The first kappa shape index (κ1) is 22.8. The van der Waals surface area contributed by atoms with Gasteiger partial charge >= 0.3 is 0 Å². The predicted octanol–water partition coefficient (Wildman–Crippen LogP) is 5.07. The summed E-state index contributed by atoms with van der Waals surface area (Å²) in [6.45, 7) is 11.9. The number of rotatable bonds is 7. The summed E-state index contributed by atoms with van der Waals surface area (Å²) in [5.41, 5.74) is 2.05. The van der Waals surface area contributed by atoms with Crippen LogP contribution in [0.5, 0.6) is 0 Å². The van der Waals surface area contributed by atoms with Crippen molar-refractivity contribution in [1.82, 2.24) is 14.8 Å². The lowest BCUT2D eigenvalue weighted by atomic mass is 9.72. The van der Waals surface area contributed by atoms with Gasteiger partial charge in [-0.15, -0.1) is 21.5 Å². The Morgan fingerprint density at radius 2 is 2.13 bits per heavy atom. The van der Waals surface area contributed by atoms with Crippen LogP contribution in [0.15, 0.2) is 5.16 Å². The number of thiophene rings is 1. The van der Waals surface area contributed by atoms with Crippen LogP contribution in [0.4, 0.5) is 5.00 Å². The highest BCUT2D eigenvalue weighted by molar-refractivity contribution is 7.99. The van der Waals surface area contributed by atoms with Gasteiger partial charge in [-0.05, 0) is 42.6 Å². The van der Waals surface area contributed by atoms with Crippen LogP contribution in [0.2, 0.25) is 0 Å². The number of nitriles is 1. The van der Waals surface area contributed by atoms with Gasteiger partial charge in [-0.2, -0.15) is 5.26 Å². The van der Waals surface area contributed by atoms with Gasteiger partial charge in [0.2, 0.25) is 5.91 Å². The van der Waals surface area contributed by atoms with Gasteiger partial charge in [0.15, 0.2) is 5.16 Å². The molecule has 162 valence electrons. The number of hydrogen-bond donors (Lipinski definition) is 1. The number of carbonyl (C=O) groups is 1. The molecule has 0 aromatic carbocycles. The largest absolute Gasteiger partial charge is 0.316 e. The minimum absolute atomic E-state index is 0.105. The van der Waals surface area contributed by atoms with Crippen molar-refractivity contribution in [3.63, 3.8) is 0 Å². The number of carbonyl (C=O) groups excluding carboxylic acids is 1. The number of hydrogen-bond acceptors (Lipinski definition) is 6. The lowest BCUT2D eigenvalue weighted by Gasteiger charge is -2.33. The van der Waals surface area contributed by atoms with E-state index in [0.29, 0.717) is 16.5 Å². The van der Waals surface area contributed by atoms with E-state index >= 15 is 0 Å². The van der Waals surface area contributed by atoms with Crippen LogP contribution in [-0.4, -0.2) is 26.4 Å². The maximum atomic E-state index is 12.6. The molecule has 0 bridgehead atoms. The maximum Gasteiger partial charge on any atom is 0.235 e. The highest BCUT2D eigenvalue weighted by Gasteiger charge is 2.32. The first-order valence-corrected chi connectivity index (χ1v) is 12.5. The lowest BCUT2D eigenvalue weighted by Crippen LogP contribution is -2.26. The Balaban J connectivity index is 1.69. The molecular weight excluding hydrogens is 414 g/mol. The molecule has 0 saturated heterocycles. The molecule has 0 aliphatic heterocycles. The average Bonchev–Trinajstić information content (AvgIpc) is 3.25. The molecule has 0 saturated carbocycles. The van der Waals surface area contributed by atoms with E-state index in [1.807, 2.05) is 0 Å². The zero-order valence-corrected chi connectivity index (χ0v) is 20.2. The fraction of sp³-hybridized carbons (Fsp3) is 0.636. The molecule has 0 radical (unpaired) electrons. The third kappa shape index (κ3) is 4.89. The summed E-state index contributed by atoms with van der Waals surface area (Å²) < 4.78 is 2.09. The van der Waals surface area contributed by atoms with Crippen LogP contribution in [-0.2, 0) is 30.6 Å². The normalized spacial score (nSPS) is 16.2. The van der Waals surface area contributed by atoms with E-state index in [1.165, 1.54) is 16.6 Å². The van der Waals surface area contributed by atoms with Crippen LogP contribution in [0.1, 0.15) is 69.3 Å². The number of nitrogens with zero attached hydrogens (tertiary/aromatic N) is 4. The van der Waals surface area contributed by atoms with E-state index in [-0.39, 0.29) is 17.1 Å². The van der Waals surface area contributed by atoms with Crippen LogP contribution < -0.4 is 5.32 Å². The Morgan fingerprint density at radius 3 is 2.77 bits per heavy atom. The number of anilines is 1. The van der Waals surface area contributed by atoms with Gasteiger partial charge in [-0.25, -0.2) is 0 Å². The van der Waals surface area contributed by atoms with Gasteiger partial charge in [0.25, 0.3) is 0 Å². The molecule has 2 aromatic rings. The molecule has 1 amide bonds. The third-order valence-electron chi connectivity index (χ3n) is 5.74. The van der Waals surface area contributed by atoms with Gasteiger partial charge in [0.1, 0.15) is 16.9 Å². The van der Waals surface area contributed by atoms with Crippen molar-refractivity contribution in [2.24, 2.45) is 11.3 Å². The van der Waals surface area contributed by atoms with Crippen molar-refractivity contribution in [2.75, 3.05) is 11.1 Å². The molecule has 0 spiro atoms. The summed E-state index contributed by atoms with van der Waals surface area (Å²) >= 11 is 2.98. The molecule has 1 aliphatic rings. The zero-order valence-electron chi connectivity index (χ0n) is 18.5. The number of aryl methyl sites for hydroxylation is 1. The first-order chi connectivity index (χ1) is 14.3. The number of thioether (sulfide) groups is 1. The van der Waals surface area contributed by atoms with Crippen molar-refractivity contribution < 1.29 is 4.79 Å². The van der Waals surface area contributed by atoms with Crippen LogP contribution in [0.25, 0.3) is 0 Å². The molecule has 2 heterocycles. The highest BCUT2D eigenvalue weighted by Crippen LogP contribution is 2.44. The lowest BCUT2D eigenvalue weighted by molar-refractivity contribution is -0.113. The number of nitrogens with one attached hydrogen (secondary N) is 1. The summed E-state index contributed by atoms with van der Waals surface area (Å²) in [6, 6.07) is 2.34. The Hall–Kier alpha value is -1.85. The second kappa shape index (κ2) is 9.52. The monoisotopic (exact) mass is 445 g/mol. The smallest absolute Gasteiger partial charge is 0.235 e. The molecule has 2 aromatic heterocycles. The number of aromatic nitrogens is 3. The minimum atomic E-state index is -0.105. The van der Waals surface area contributed by atoms with E-state index in [0.717, 1.165) is 55.2 Å². The summed E-state index contributed by atoms with van der Waals surface area (Å²) in [6.07, 6.45) is 4.82. The molecule has 6 nitrogen and oxygen atoms in total. The molecule has 3 rings (SSSR count). The molecule has 1 atom stereocenters. The first-order valence-electron chi connectivity index (χ1n) is 10.7. The number of amides is 1. The molecule has 0 fully saturated rings. The second-order valence-electron chi connectivity index (χ2n) is 8.87. The quantitative estimate of drug-likeness (QED) is 0.602. The number of fused-ring (bicyclic) bond motifs is 1. The van der Waals surface area contributed by atoms with Gasteiger partial charge in [-0.3, -0.25) is 4.79 Å². The van der Waals surface area contributed by atoms with E-state index in [1.54, 1.807) is 11.3 Å². The molecular formula is C22H31N5OS2. The summed E-state index contributed by atoms with van der Waals surface area (Å²) in [4.78, 5) is 13.9. The molecule has 1 N–H and O–H groups in total. The van der Waals surface area contributed by atoms with Crippen LogP contribution in [0, 0.1) is 22.7 Å². The van der Waals surface area contributed by atoms with E-state index < -0.39 is 0 Å². The molecule has 1 aliphatic carbocycles. The van der Waals surface area contributed by atoms with Crippen molar-refractivity contribution >= 4 is 34.0 Å². The Kier molecular flexibility index (Phi) is 7.25. The SMILES string of the molecule is CCCn1c(CC)nnc1SCC(=O)Nc1sc2c(c1C#N)CCC(C(C)(C)C)C2. The van der Waals surface area contributed by atoms with E-state index in [2.05, 4.69) is 60.8 Å². The maximum absolute atomic E-state index is 12.6. The zero-order chi connectivity index (χ0) is 21.9. The molecule has 8 heteroatoms. The average molecular weight is 446 g/mol. The Morgan fingerprint density at radius 1 is 1.37 bits per heavy atom. The van der Waals surface area contributed by atoms with Gasteiger partial charge < -0.3 is 9.88 Å². The summed E-state index contributed by atoms with van der Waals surface area (Å²) in [5.74, 6) is 1.70. The van der Waals surface area contributed by atoms with E-state index in [9.17, 15) is 10.1 Å². The van der Waals surface area contributed by atoms with Gasteiger partial charge in [0.05, 0.1) is 11.3 Å². The van der Waals surface area contributed by atoms with Crippen molar-refractivity contribution in [2.45, 2.75) is 78.4 Å². The van der Waals surface area contributed by atoms with Gasteiger partial charge in [-0.1, -0.05) is 46.4 Å². The second-order valence-corrected chi connectivity index (χ2v) is 10.9. The predicted molar refractivity (Wildman–Crippen MR) is 123 cm³/mol. The summed E-state index contributed by atoms with van der Waals surface area (Å²) in [5, 5.41) is 22.7. The van der Waals surface area contributed by atoms with Crippen molar-refractivity contribution in [3.8, 4) is 6.07 Å². The Labute approximate surface area is 187 Å². The fourth-order valence-corrected chi connectivity index (χ4v) is 6.04. The van der Waals surface area contributed by atoms with Gasteiger partial charge in [0, 0.05) is 17.8 Å². The standard InChI is InChI=1S/C22H31N5OS2/c1-6-10-27-18(7-2)25-26-21(27)29-13-19(28)24-20-16(12-23)15-9-8-14(22(3,4)5)11-17(15)30-20/h14H,6-11,13H2,1-5H3,(H,24,28). The Bertz CT molecular complexity index is 948. The van der Waals surface area contributed by atoms with Crippen LogP contribution in [0.3, 0.4) is 0 Å². The summed E-state index contributed by atoms with van der Waals surface area (Å²) in [7, 11) is 0. The third-order valence-corrected chi connectivity index (χ3v) is 7.88. The highest BCUT2D eigenvalue weighted by atomic mass is 32.2. The topological polar surface area (TPSA) is 83.6 Å².